The van der Waals surface area contributed by atoms with Crippen molar-refractivity contribution in [3.05, 3.63) is 45.4 Å². The molecule has 5 nitrogen and oxygen atoms in total. The van der Waals surface area contributed by atoms with Crippen molar-refractivity contribution in [2.45, 2.75) is 38.8 Å². The molecule has 0 spiro atoms. The number of ether oxygens (including phenoxy) is 4. The summed E-state index contributed by atoms with van der Waals surface area (Å²) in [4.78, 5) is 2.55. The third kappa shape index (κ3) is 3.90. The first-order chi connectivity index (χ1) is 13.5. The van der Waals surface area contributed by atoms with Gasteiger partial charge in [-0.15, -0.1) is 12.4 Å². The summed E-state index contributed by atoms with van der Waals surface area (Å²) in [5.41, 5.74) is 3.73. The van der Waals surface area contributed by atoms with Gasteiger partial charge in [0.25, 0.3) is 0 Å². The highest BCUT2D eigenvalue weighted by Crippen LogP contribution is 2.54. The Bertz CT molecular complexity index is 872. The molecule has 158 valence electrons. The van der Waals surface area contributed by atoms with Gasteiger partial charge >= 0.3 is 0 Å². The number of rotatable bonds is 5. The fraction of sp³-hybridized carbons (Fsp3) is 0.455. The fourth-order valence-electron chi connectivity index (χ4n) is 4.31. The number of hydrogen-bond donors (Lipinski definition) is 0. The topological polar surface area (TPSA) is 40.2 Å². The maximum atomic E-state index is 5.87. The number of hydrogen-bond acceptors (Lipinski definition) is 5. The number of fused-ring (bicyclic) bond motifs is 2. The second kappa shape index (κ2) is 9.02. The molecule has 2 aromatic rings. The normalized spacial score (nSPS) is 17.7. The SMILES string of the molecule is COc1ccc(C[C@@H]2c3c(c(Br)c4c(c3OC)OCO4)CCN2C(C)C)cc1.Cl. The smallest absolute Gasteiger partial charge is 0.231 e. The predicted molar refractivity (Wildman–Crippen MR) is 119 cm³/mol. The van der Waals surface area contributed by atoms with E-state index in [1.807, 2.05) is 12.1 Å². The van der Waals surface area contributed by atoms with E-state index in [1.165, 1.54) is 16.7 Å². The van der Waals surface area contributed by atoms with E-state index in [4.69, 9.17) is 18.9 Å². The van der Waals surface area contributed by atoms with Crippen molar-refractivity contribution in [1.29, 1.82) is 0 Å². The van der Waals surface area contributed by atoms with Gasteiger partial charge in [-0.1, -0.05) is 12.1 Å². The van der Waals surface area contributed by atoms with Gasteiger partial charge in [-0.3, -0.25) is 4.90 Å². The van der Waals surface area contributed by atoms with Crippen LogP contribution in [0.25, 0.3) is 0 Å². The first-order valence-electron chi connectivity index (χ1n) is 9.61. The molecule has 0 amide bonds. The van der Waals surface area contributed by atoms with Crippen LogP contribution < -0.4 is 18.9 Å². The highest BCUT2D eigenvalue weighted by molar-refractivity contribution is 9.10. The second-order valence-corrected chi connectivity index (χ2v) is 8.25. The molecular formula is C22H27BrClNO4. The lowest BCUT2D eigenvalue weighted by Gasteiger charge is -2.41. The summed E-state index contributed by atoms with van der Waals surface area (Å²) in [6, 6.07) is 8.93. The third-order valence-electron chi connectivity index (χ3n) is 5.66. The maximum Gasteiger partial charge on any atom is 0.231 e. The summed E-state index contributed by atoms with van der Waals surface area (Å²) in [6.07, 6.45) is 1.83. The minimum absolute atomic E-state index is 0. The highest BCUT2D eigenvalue weighted by Gasteiger charge is 2.38. The Labute approximate surface area is 186 Å². The molecule has 0 saturated heterocycles. The second-order valence-electron chi connectivity index (χ2n) is 7.45. The molecular weight excluding hydrogens is 458 g/mol. The van der Waals surface area contributed by atoms with Gasteiger partial charge in [0.15, 0.2) is 11.5 Å². The van der Waals surface area contributed by atoms with Crippen LogP contribution in [0.1, 0.15) is 36.6 Å². The van der Waals surface area contributed by atoms with Crippen LogP contribution in [0.2, 0.25) is 0 Å². The zero-order chi connectivity index (χ0) is 19.8. The Morgan fingerprint density at radius 3 is 2.41 bits per heavy atom. The molecule has 2 aliphatic rings. The van der Waals surface area contributed by atoms with Crippen LogP contribution in [0, 0.1) is 0 Å². The Morgan fingerprint density at radius 1 is 1.10 bits per heavy atom. The molecule has 0 N–H and O–H groups in total. The molecule has 0 radical (unpaired) electrons. The van der Waals surface area contributed by atoms with Crippen molar-refractivity contribution in [1.82, 2.24) is 4.90 Å². The lowest BCUT2D eigenvalue weighted by atomic mass is 9.86. The van der Waals surface area contributed by atoms with E-state index < -0.39 is 0 Å². The fourth-order valence-corrected chi connectivity index (χ4v) is 5.02. The van der Waals surface area contributed by atoms with E-state index in [0.717, 1.165) is 41.1 Å². The average Bonchev–Trinajstić information content (AvgIpc) is 3.19. The van der Waals surface area contributed by atoms with E-state index in [-0.39, 0.29) is 25.2 Å². The first-order valence-corrected chi connectivity index (χ1v) is 10.4. The Balaban J connectivity index is 0.00000240. The summed E-state index contributed by atoms with van der Waals surface area (Å²) < 4.78 is 23.7. The molecule has 2 heterocycles. The van der Waals surface area contributed by atoms with Gasteiger partial charge in [-0.05, 0) is 65.9 Å². The van der Waals surface area contributed by atoms with Crippen molar-refractivity contribution in [2.24, 2.45) is 0 Å². The highest BCUT2D eigenvalue weighted by atomic mass is 79.9. The lowest BCUT2D eigenvalue weighted by Crippen LogP contribution is -2.41. The van der Waals surface area contributed by atoms with Crippen molar-refractivity contribution >= 4 is 28.3 Å². The summed E-state index contributed by atoms with van der Waals surface area (Å²) >= 11 is 3.77. The summed E-state index contributed by atoms with van der Waals surface area (Å²) in [7, 11) is 3.40. The van der Waals surface area contributed by atoms with Crippen molar-refractivity contribution in [3.63, 3.8) is 0 Å². The standard InChI is InChI=1S/C22H26BrNO4.ClH/c1-13(2)24-10-9-16-18(17(24)11-14-5-7-15(25-3)8-6-14)20(26-4)22-21(19(16)23)27-12-28-22;/h5-8,13,17H,9-12H2,1-4H3;1H/t17-;/m1./s1. The molecule has 2 aliphatic heterocycles. The van der Waals surface area contributed by atoms with E-state index >= 15 is 0 Å². The Hall–Kier alpha value is -1.63. The van der Waals surface area contributed by atoms with Gasteiger partial charge in [0.2, 0.25) is 12.5 Å². The van der Waals surface area contributed by atoms with Gasteiger partial charge in [0.05, 0.1) is 18.7 Å². The monoisotopic (exact) mass is 483 g/mol. The maximum absolute atomic E-state index is 5.87. The van der Waals surface area contributed by atoms with Crippen LogP contribution in [-0.4, -0.2) is 38.5 Å². The van der Waals surface area contributed by atoms with Gasteiger partial charge < -0.3 is 18.9 Å². The zero-order valence-corrected chi connectivity index (χ0v) is 19.6. The molecule has 0 aromatic heterocycles. The van der Waals surface area contributed by atoms with Gasteiger partial charge in [-0.25, -0.2) is 0 Å². The van der Waals surface area contributed by atoms with Gasteiger partial charge in [0.1, 0.15) is 5.75 Å². The summed E-state index contributed by atoms with van der Waals surface area (Å²) in [5, 5.41) is 0. The van der Waals surface area contributed by atoms with E-state index in [2.05, 4.69) is 46.8 Å². The zero-order valence-electron chi connectivity index (χ0n) is 17.2. The summed E-state index contributed by atoms with van der Waals surface area (Å²) in [5.74, 6) is 3.14. The van der Waals surface area contributed by atoms with Crippen LogP contribution in [0.4, 0.5) is 0 Å². The number of nitrogens with zero attached hydrogens (tertiary/aromatic N) is 1. The number of methoxy groups -OCH3 is 2. The van der Waals surface area contributed by atoms with E-state index in [0.29, 0.717) is 11.8 Å². The minimum atomic E-state index is 0. The molecule has 7 heteroatoms. The van der Waals surface area contributed by atoms with Crippen LogP contribution in [0.5, 0.6) is 23.0 Å². The molecule has 0 fully saturated rings. The molecule has 4 rings (SSSR count). The molecule has 2 aromatic carbocycles. The number of benzene rings is 2. The van der Waals surface area contributed by atoms with Crippen LogP contribution in [-0.2, 0) is 12.8 Å². The molecule has 0 aliphatic carbocycles. The van der Waals surface area contributed by atoms with Crippen LogP contribution in [0.3, 0.4) is 0 Å². The molecule has 0 saturated carbocycles. The molecule has 1 atom stereocenters. The Morgan fingerprint density at radius 2 is 1.79 bits per heavy atom. The van der Waals surface area contributed by atoms with Crippen LogP contribution >= 0.6 is 28.3 Å². The first kappa shape index (κ1) is 22.1. The van der Waals surface area contributed by atoms with E-state index in [9.17, 15) is 0 Å². The molecule has 29 heavy (non-hydrogen) atoms. The van der Waals surface area contributed by atoms with Crippen molar-refractivity contribution < 1.29 is 18.9 Å². The van der Waals surface area contributed by atoms with Crippen molar-refractivity contribution in [2.75, 3.05) is 27.6 Å². The average molecular weight is 485 g/mol. The van der Waals surface area contributed by atoms with Crippen molar-refractivity contribution in [3.8, 4) is 23.0 Å². The largest absolute Gasteiger partial charge is 0.497 e. The molecule has 0 unspecified atom stereocenters. The lowest BCUT2D eigenvalue weighted by molar-refractivity contribution is 0.137. The third-order valence-corrected chi connectivity index (χ3v) is 6.50. The van der Waals surface area contributed by atoms with E-state index in [1.54, 1.807) is 14.2 Å². The number of halogens is 2. The van der Waals surface area contributed by atoms with Crippen LogP contribution in [0.15, 0.2) is 28.7 Å². The van der Waals surface area contributed by atoms with Gasteiger partial charge in [0, 0.05) is 24.2 Å². The van der Waals surface area contributed by atoms with Gasteiger partial charge in [-0.2, -0.15) is 0 Å². The molecule has 0 bridgehead atoms. The predicted octanol–water partition coefficient (Wildman–Crippen LogP) is 5.17. The minimum Gasteiger partial charge on any atom is -0.497 e. The quantitative estimate of drug-likeness (QED) is 0.586. The Kier molecular flexibility index (Phi) is 6.87. The summed E-state index contributed by atoms with van der Waals surface area (Å²) in [6.45, 7) is 5.72.